The molecule has 1 aromatic rings. The average Bonchev–Trinajstić information content (AvgIpc) is 2.33. The van der Waals surface area contributed by atoms with Gasteiger partial charge in [0.2, 0.25) is 0 Å². The maximum Gasteiger partial charge on any atom is 0.331 e. The van der Waals surface area contributed by atoms with Crippen LogP contribution < -0.4 is 10.6 Å². The summed E-state index contributed by atoms with van der Waals surface area (Å²) in [7, 11) is 0. The van der Waals surface area contributed by atoms with Crippen LogP contribution in [0.25, 0.3) is 0 Å². The molecule has 0 atom stereocenters. The zero-order chi connectivity index (χ0) is 6.10. The predicted molar refractivity (Wildman–Crippen MR) is 34.3 cm³/mol. The van der Waals surface area contributed by atoms with Gasteiger partial charge in [0.1, 0.15) is 10.8 Å². The lowest BCUT2D eigenvalue weighted by molar-refractivity contribution is 1.06. The molecular weight excluding hydrogens is 114 g/mol. The highest BCUT2D eigenvalue weighted by molar-refractivity contribution is 5.65. The molecule has 0 bridgehead atoms. The van der Waals surface area contributed by atoms with Gasteiger partial charge in [0, 0.05) is 0 Å². The molecule has 1 N–H and O–H groups in total. The normalized spacial score (nSPS) is 12.9. The first-order chi connectivity index (χ1) is 4.47. The zero-order valence-corrected chi connectivity index (χ0v) is 4.70. The molecule has 43 valence electrons. The van der Waals surface area contributed by atoms with Crippen molar-refractivity contribution in [3.63, 3.8) is 0 Å². The minimum atomic E-state index is 0.914. The molecule has 0 unspecified atom stereocenters. The van der Waals surface area contributed by atoms with Crippen LogP contribution in [0, 0.1) is 0 Å². The van der Waals surface area contributed by atoms with Crippen molar-refractivity contribution in [1.82, 2.24) is 5.22 Å². The third-order valence-electron chi connectivity index (χ3n) is 1.23. The molecule has 0 spiro atoms. The van der Waals surface area contributed by atoms with Gasteiger partial charge in [-0.2, -0.15) is 0 Å². The van der Waals surface area contributed by atoms with Crippen molar-refractivity contribution >= 4 is 11.4 Å². The number of para-hydroxylation sites is 1. The second kappa shape index (κ2) is 1.55. The molecule has 0 fully saturated rings. The van der Waals surface area contributed by atoms with Crippen molar-refractivity contribution < 1.29 is 0 Å². The Hall–Kier alpha value is -1.38. The van der Waals surface area contributed by atoms with Gasteiger partial charge in [-0.15, -0.1) is 0 Å². The number of nitrogens with one attached hydrogen (secondary N) is 1. The van der Waals surface area contributed by atoms with Crippen molar-refractivity contribution in [2.75, 3.05) is 5.43 Å². The van der Waals surface area contributed by atoms with Gasteiger partial charge in [-0.1, -0.05) is 17.6 Å². The standard InChI is InChI=1S/C6H5N3/c1-2-4-6-5(3-1)7-9-8-6/h1-4H,(H,7,8)/q+1. The van der Waals surface area contributed by atoms with Crippen molar-refractivity contribution in [2.45, 2.75) is 0 Å². The number of hydrogen-bond donors (Lipinski definition) is 1. The Kier molecular flexibility index (Phi) is 0.773. The topological polar surface area (TPSA) is 38.5 Å². The Bertz CT molecular complexity index is 254. The first-order valence-corrected chi connectivity index (χ1v) is 2.72. The molecule has 1 aliphatic heterocycles. The van der Waals surface area contributed by atoms with E-state index in [2.05, 4.69) is 15.8 Å². The van der Waals surface area contributed by atoms with Gasteiger partial charge < -0.3 is 0 Å². The molecule has 0 saturated carbocycles. The van der Waals surface area contributed by atoms with Crippen molar-refractivity contribution in [3.05, 3.63) is 24.3 Å². The molecule has 1 aliphatic rings. The molecule has 1 heterocycles. The van der Waals surface area contributed by atoms with E-state index in [9.17, 15) is 0 Å². The first-order valence-electron chi connectivity index (χ1n) is 2.72. The van der Waals surface area contributed by atoms with Gasteiger partial charge in [-0.3, -0.25) is 0 Å². The Morgan fingerprint density at radius 2 is 2.22 bits per heavy atom. The van der Waals surface area contributed by atoms with Crippen LogP contribution >= 0.6 is 0 Å². The number of benzene rings is 1. The van der Waals surface area contributed by atoms with Gasteiger partial charge in [0.15, 0.2) is 5.69 Å². The third-order valence-corrected chi connectivity index (χ3v) is 1.23. The van der Waals surface area contributed by atoms with Gasteiger partial charge >= 0.3 is 5.22 Å². The van der Waals surface area contributed by atoms with Crippen LogP contribution in [0.1, 0.15) is 0 Å². The number of anilines is 1. The molecule has 3 heteroatoms. The Morgan fingerprint density at radius 1 is 1.33 bits per heavy atom. The van der Waals surface area contributed by atoms with Crippen LogP contribution in [0.4, 0.5) is 11.4 Å². The highest BCUT2D eigenvalue weighted by Gasteiger charge is 2.14. The number of nitrogens with zero attached hydrogens (tertiary/aromatic N) is 2. The second-order valence-electron chi connectivity index (χ2n) is 1.83. The fraction of sp³-hybridized carbons (Fsp3) is 0. The Balaban J connectivity index is 2.63. The van der Waals surface area contributed by atoms with E-state index in [4.69, 9.17) is 0 Å². The molecule has 0 saturated heterocycles. The summed E-state index contributed by atoms with van der Waals surface area (Å²) in [6.45, 7) is 0. The second-order valence-corrected chi connectivity index (χ2v) is 1.83. The molecule has 1 aromatic carbocycles. The van der Waals surface area contributed by atoms with Crippen molar-refractivity contribution in [2.24, 2.45) is 5.11 Å². The van der Waals surface area contributed by atoms with Crippen LogP contribution in [0.3, 0.4) is 0 Å². The number of hydrogen-bond acceptors (Lipinski definition) is 3. The largest absolute Gasteiger partial charge is 0.331 e. The van der Waals surface area contributed by atoms with Crippen LogP contribution in [0.5, 0.6) is 0 Å². The van der Waals surface area contributed by atoms with Crippen LogP contribution in [0.15, 0.2) is 29.4 Å². The third kappa shape index (κ3) is 0.579. The first kappa shape index (κ1) is 4.49. The fourth-order valence-corrected chi connectivity index (χ4v) is 0.788. The maximum absolute atomic E-state index is 3.81. The van der Waals surface area contributed by atoms with E-state index in [-0.39, 0.29) is 0 Å². The van der Waals surface area contributed by atoms with E-state index in [1.165, 1.54) is 0 Å². The van der Waals surface area contributed by atoms with Crippen LogP contribution in [-0.2, 0) is 0 Å². The molecule has 0 amide bonds. The van der Waals surface area contributed by atoms with E-state index in [0.717, 1.165) is 11.4 Å². The van der Waals surface area contributed by atoms with Gasteiger partial charge in [-0.05, 0) is 12.1 Å². The SMILES string of the molecule is c1ccc2c(c1)N=[N+]N2. The highest BCUT2D eigenvalue weighted by Crippen LogP contribution is 2.25. The maximum atomic E-state index is 3.81. The van der Waals surface area contributed by atoms with E-state index < -0.39 is 0 Å². The minimum Gasteiger partial charge on any atom is -0.0687 e. The lowest BCUT2D eigenvalue weighted by Gasteiger charge is -1.83. The summed E-state index contributed by atoms with van der Waals surface area (Å²) >= 11 is 0. The van der Waals surface area contributed by atoms with Gasteiger partial charge in [0.25, 0.3) is 0 Å². The van der Waals surface area contributed by atoms with Crippen molar-refractivity contribution in [3.8, 4) is 0 Å². The minimum absolute atomic E-state index is 0.914. The van der Waals surface area contributed by atoms with Crippen LogP contribution in [-0.4, -0.2) is 0 Å². The molecule has 3 nitrogen and oxygen atoms in total. The zero-order valence-electron chi connectivity index (χ0n) is 4.70. The molecule has 2 rings (SSSR count). The van der Waals surface area contributed by atoms with Gasteiger partial charge in [-0.25, -0.2) is 0 Å². The molecule has 0 aliphatic carbocycles. The highest BCUT2D eigenvalue weighted by atomic mass is 15.5. The van der Waals surface area contributed by atoms with E-state index in [0.29, 0.717) is 0 Å². The van der Waals surface area contributed by atoms with Crippen molar-refractivity contribution in [1.29, 1.82) is 0 Å². The fourth-order valence-electron chi connectivity index (χ4n) is 0.788. The Morgan fingerprint density at radius 3 is 3.11 bits per heavy atom. The summed E-state index contributed by atoms with van der Waals surface area (Å²) in [5.74, 6) is 0. The van der Waals surface area contributed by atoms with Gasteiger partial charge in [0.05, 0.1) is 0 Å². The Labute approximate surface area is 52.4 Å². The summed E-state index contributed by atoms with van der Waals surface area (Å²) < 4.78 is 0. The number of rotatable bonds is 0. The number of fused-ring (bicyclic) bond motifs is 1. The monoisotopic (exact) mass is 119 g/mol. The molecule has 1 radical (unpaired) electrons. The quantitative estimate of drug-likeness (QED) is 0.551. The summed E-state index contributed by atoms with van der Waals surface area (Å²) in [6, 6.07) is 7.74. The molecular formula is C6H5N3+. The summed E-state index contributed by atoms with van der Waals surface area (Å²) in [4.78, 5) is 0. The van der Waals surface area contributed by atoms with E-state index in [1.807, 2.05) is 24.3 Å². The molecule has 0 aromatic heterocycles. The van der Waals surface area contributed by atoms with Crippen LogP contribution in [0.2, 0.25) is 0 Å². The van der Waals surface area contributed by atoms with E-state index >= 15 is 0 Å². The lowest BCUT2D eigenvalue weighted by Crippen LogP contribution is -1.90. The molecule has 9 heavy (non-hydrogen) atoms. The lowest BCUT2D eigenvalue weighted by atomic mass is 10.3. The van der Waals surface area contributed by atoms with E-state index in [1.54, 1.807) is 0 Å². The average molecular weight is 119 g/mol. The summed E-state index contributed by atoms with van der Waals surface area (Å²) in [5, 5.41) is 7.44. The smallest absolute Gasteiger partial charge is 0.0687 e. The predicted octanol–water partition coefficient (Wildman–Crippen LogP) is 1.45. The summed E-state index contributed by atoms with van der Waals surface area (Å²) in [5.41, 5.74) is 4.66. The summed E-state index contributed by atoms with van der Waals surface area (Å²) in [6.07, 6.45) is 0.